The van der Waals surface area contributed by atoms with Crippen LogP contribution in [0.1, 0.15) is 21.5 Å². The monoisotopic (exact) mass is 524 g/mol. The van der Waals surface area contributed by atoms with Crippen molar-refractivity contribution >= 4 is 23.1 Å². The van der Waals surface area contributed by atoms with E-state index in [9.17, 15) is 9.59 Å². The van der Waals surface area contributed by atoms with Gasteiger partial charge in [-0.15, -0.1) is 0 Å². The van der Waals surface area contributed by atoms with Crippen LogP contribution in [-0.4, -0.2) is 45.2 Å². The Kier molecular flexibility index (Phi) is 9.56. The molecule has 0 radical (unpaired) electrons. The predicted octanol–water partition coefficient (Wildman–Crippen LogP) is 5.61. The highest BCUT2D eigenvalue weighted by Gasteiger charge is 2.22. The molecule has 0 aromatic heterocycles. The Morgan fingerprint density at radius 1 is 0.795 bits per heavy atom. The molecular formula is C32H32N2O5. The second-order valence-electron chi connectivity index (χ2n) is 8.82. The van der Waals surface area contributed by atoms with E-state index in [-0.39, 0.29) is 5.78 Å². The molecule has 0 aliphatic heterocycles. The van der Waals surface area contributed by atoms with Gasteiger partial charge >= 0.3 is 5.97 Å². The van der Waals surface area contributed by atoms with Gasteiger partial charge in [0.05, 0.1) is 14.2 Å². The number of nitrogens with one attached hydrogen (secondary N) is 2. The lowest BCUT2D eigenvalue weighted by molar-refractivity contribution is -0.141. The topological polar surface area (TPSA) is 85.9 Å². The van der Waals surface area contributed by atoms with Gasteiger partial charge in [0.2, 0.25) is 0 Å². The molecule has 0 aliphatic carbocycles. The third-order valence-corrected chi connectivity index (χ3v) is 6.16. The van der Waals surface area contributed by atoms with Gasteiger partial charge in [-0.3, -0.25) is 4.79 Å². The molecule has 0 bridgehead atoms. The fraction of sp³-hybridized carbons (Fsp3) is 0.188. The van der Waals surface area contributed by atoms with Gasteiger partial charge in [-0.05, 0) is 42.0 Å². The second kappa shape index (κ2) is 13.7. The lowest BCUT2D eigenvalue weighted by Gasteiger charge is -2.20. The average Bonchev–Trinajstić information content (AvgIpc) is 2.99. The zero-order valence-electron chi connectivity index (χ0n) is 22.1. The number of carbonyl (C=O) groups excluding carboxylic acids is 2. The van der Waals surface area contributed by atoms with Crippen LogP contribution in [0, 0.1) is 0 Å². The zero-order chi connectivity index (χ0) is 27.5. The Morgan fingerprint density at radius 2 is 1.54 bits per heavy atom. The number of anilines is 2. The van der Waals surface area contributed by atoms with Crippen LogP contribution in [0.2, 0.25) is 0 Å². The molecule has 200 valence electrons. The number of ketones is 1. The van der Waals surface area contributed by atoms with Crippen LogP contribution in [0.5, 0.6) is 11.5 Å². The summed E-state index contributed by atoms with van der Waals surface area (Å²) >= 11 is 0. The maximum absolute atomic E-state index is 13.1. The zero-order valence-corrected chi connectivity index (χ0v) is 22.1. The molecule has 4 aromatic rings. The minimum atomic E-state index is -0.682. The van der Waals surface area contributed by atoms with E-state index in [2.05, 4.69) is 10.6 Å². The molecule has 7 heteroatoms. The maximum Gasteiger partial charge on any atom is 0.328 e. The predicted molar refractivity (Wildman–Crippen MR) is 153 cm³/mol. The number of ether oxygens (including phenoxy) is 3. The van der Waals surface area contributed by atoms with Crippen molar-refractivity contribution in [2.75, 3.05) is 38.0 Å². The van der Waals surface area contributed by atoms with Crippen molar-refractivity contribution in [2.45, 2.75) is 12.5 Å². The van der Waals surface area contributed by atoms with Crippen LogP contribution in [0.25, 0.3) is 0 Å². The van der Waals surface area contributed by atoms with E-state index in [1.807, 2.05) is 72.8 Å². The molecular weight excluding hydrogens is 492 g/mol. The first-order valence-corrected chi connectivity index (χ1v) is 12.7. The molecule has 0 amide bonds. The summed E-state index contributed by atoms with van der Waals surface area (Å²) in [6.45, 7) is 1.11. The maximum atomic E-state index is 13.1. The van der Waals surface area contributed by atoms with Crippen LogP contribution in [0.3, 0.4) is 0 Å². The lowest BCUT2D eigenvalue weighted by atomic mass is 10.00. The van der Waals surface area contributed by atoms with Gasteiger partial charge in [-0.25, -0.2) is 4.79 Å². The molecule has 0 saturated heterocycles. The van der Waals surface area contributed by atoms with Gasteiger partial charge in [0.1, 0.15) is 24.1 Å². The first-order chi connectivity index (χ1) is 19.1. The van der Waals surface area contributed by atoms with E-state index in [1.165, 1.54) is 7.11 Å². The number of methoxy groups -OCH3 is 2. The Labute approximate surface area is 228 Å². The number of hydrogen-bond donors (Lipinski definition) is 2. The molecule has 4 aromatic carbocycles. The van der Waals surface area contributed by atoms with Crippen molar-refractivity contribution in [3.63, 3.8) is 0 Å². The van der Waals surface area contributed by atoms with Gasteiger partial charge in [-0.2, -0.15) is 0 Å². The van der Waals surface area contributed by atoms with Crippen LogP contribution in [0.15, 0.2) is 103 Å². The van der Waals surface area contributed by atoms with E-state index in [0.29, 0.717) is 36.4 Å². The van der Waals surface area contributed by atoms with Crippen molar-refractivity contribution in [1.29, 1.82) is 0 Å². The molecule has 7 nitrogen and oxygen atoms in total. The fourth-order valence-electron chi connectivity index (χ4n) is 4.13. The molecule has 2 N–H and O–H groups in total. The van der Waals surface area contributed by atoms with Gasteiger partial charge in [0, 0.05) is 41.5 Å². The van der Waals surface area contributed by atoms with Gasteiger partial charge in [0.25, 0.3) is 0 Å². The Morgan fingerprint density at radius 3 is 2.28 bits per heavy atom. The lowest BCUT2D eigenvalue weighted by Crippen LogP contribution is -2.33. The van der Waals surface area contributed by atoms with Crippen LogP contribution < -0.4 is 20.1 Å². The normalized spacial score (nSPS) is 11.2. The van der Waals surface area contributed by atoms with Crippen LogP contribution >= 0.6 is 0 Å². The molecule has 0 aliphatic rings. The summed E-state index contributed by atoms with van der Waals surface area (Å²) in [6, 6.07) is 30.9. The standard InChI is InChI=1S/C32H32N2O5/c1-37-27-12-8-11-25(22-27)33-19-20-39-26-17-15-23(16-18-26)21-30(32(36)38-2)34-29-14-7-6-13-28(29)31(35)24-9-4-3-5-10-24/h3-18,22,30,33-34H,19-21H2,1-2H3. The number of rotatable bonds is 13. The van der Waals surface area contributed by atoms with Crippen LogP contribution in [-0.2, 0) is 16.0 Å². The van der Waals surface area contributed by atoms with Crippen molar-refractivity contribution in [2.24, 2.45) is 0 Å². The summed E-state index contributed by atoms with van der Waals surface area (Å²) in [4.78, 5) is 25.8. The first kappa shape index (κ1) is 27.3. The molecule has 1 atom stereocenters. The van der Waals surface area contributed by atoms with Crippen molar-refractivity contribution in [3.05, 3.63) is 120 Å². The highest BCUT2D eigenvalue weighted by molar-refractivity contribution is 6.12. The van der Waals surface area contributed by atoms with E-state index in [0.717, 1.165) is 22.7 Å². The number of esters is 1. The third kappa shape index (κ3) is 7.61. The van der Waals surface area contributed by atoms with Crippen molar-refractivity contribution < 1.29 is 23.8 Å². The SMILES string of the molecule is COC(=O)C(Cc1ccc(OCCNc2cccc(OC)c2)cc1)Nc1ccccc1C(=O)c1ccccc1. The summed E-state index contributed by atoms with van der Waals surface area (Å²) < 4.78 is 16.1. The minimum absolute atomic E-state index is 0.121. The molecule has 1 unspecified atom stereocenters. The molecule has 0 fully saturated rings. The Bertz CT molecular complexity index is 1370. The molecule has 4 rings (SSSR count). The first-order valence-electron chi connectivity index (χ1n) is 12.7. The molecule has 0 spiro atoms. The van der Waals surface area contributed by atoms with E-state index in [4.69, 9.17) is 14.2 Å². The fourth-order valence-corrected chi connectivity index (χ4v) is 4.13. The quantitative estimate of drug-likeness (QED) is 0.134. The second-order valence-corrected chi connectivity index (χ2v) is 8.82. The average molecular weight is 525 g/mol. The van der Waals surface area contributed by atoms with Crippen LogP contribution in [0.4, 0.5) is 11.4 Å². The van der Waals surface area contributed by atoms with Gasteiger partial charge in [-0.1, -0.05) is 60.7 Å². The molecule has 39 heavy (non-hydrogen) atoms. The van der Waals surface area contributed by atoms with E-state index in [1.54, 1.807) is 37.4 Å². The van der Waals surface area contributed by atoms with E-state index >= 15 is 0 Å². The Balaban J connectivity index is 1.37. The number of benzene rings is 4. The highest BCUT2D eigenvalue weighted by atomic mass is 16.5. The number of para-hydroxylation sites is 1. The highest BCUT2D eigenvalue weighted by Crippen LogP contribution is 2.22. The summed E-state index contributed by atoms with van der Waals surface area (Å²) in [5.74, 6) is 0.987. The van der Waals surface area contributed by atoms with Crippen molar-refractivity contribution in [1.82, 2.24) is 0 Å². The van der Waals surface area contributed by atoms with Gasteiger partial charge in [0.15, 0.2) is 5.78 Å². The number of hydrogen-bond acceptors (Lipinski definition) is 7. The van der Waals surface area contributed by atoms with Crippen molar-refractivity contribution in [3.8, 4) is 11.5 Å². The summed E-state index contributed by atoms with van der Waals surface area (Å²) in [6.07, 6.45) is 0.373. The number of carbonyl (C=O) groups is 2. The summed E-state index contributed by atoms with van der Waals surface area (Å²) in [5.41, 5.74) is 3.53. The van der Waals surface area contributed by atoms with E-state index < -0.39 is 12.0 Å². The smallest absolute Gasteiger partial charge is 0.328 e. The molecule has 0 saturated carbocycles. The third-order valence-electron chi connectivity index (χ3n) is 6.16. The van der Waals surface area contributed by atoms with Gasteiger partial charge < -0.3 is 24.8 Å². The summed E-state index contributed by atoms with van der Waals surface area (Å²) in [7, 11) is 3.00. The minimum Gasteiger partial charge on any atom is -0.497 e. The summed E-state index contributed by atoms with van der Waals surface area (Å²) in [5, 5.41) is 6.54. The largest absolute Gasteiger partial charge is 0.497 e. The Hall–Kier alpha value is -4.78. The molecule has 0 heterocycles.